The van der Waals surface area contributed by atoms with Gasteiger partial charge in [0, 0.05) is 38.0 Å². The number of aryl methyl sites for hydroxylation is 2. The highest BCUT2D eigenvalue weighted by atomic mass is 16.4. The second-order valence-electron chi connectivity index (χ2n) is 7.48. The van der Waals surface area contributed by atoms with Gasteiger partial charge in [0.2, 0.25) is 0 Å². The summed E-state index contributed by atoms with van der Waals surface area (Å²) in [4.78, 5) is 14.3. The number of aromatic carboxylic acids is 1. The number of fused-ring (bicyclic) bond motifs is 4. The molecule has 1 aromatic heterocycles. The van der Waals surface area contributed by atoms with Crippen molar-refractivity contribution in [1.29, 1.82) is 0 Å². The highest BCUT2D eigenvalue weighted by Crippen LogP contribution is 2.28. The van der Waals surface area contributed by atoms with Crippen molar-refractivity contribution >= 4 is 16.9 Å². The zero-order valence-corrected chi connectivity index (χ0v) is 15.0. The zero-order valence-electron chi connectivity index (χ0n) is 15.0. The number of carbonyl (C=O) groups is 1. The van der Waals surface area contributed by atoms with Crippen LogP contribution in [0.5, 0.6) is 0 Å². The number of carboxylic acid groups (broad SMARTS) is 1. The number of nitrogens with zero attached hydrogens (tertiary/aromatic N) is 3. The lowest BCUT2D eigenvalue weighted by Gasteiger charge is -2.45. The van der Waals surface area contributed by atoms with E-state index in [2.05, 4.69) is 15.3 Å². The molecule has 25 heavy (non-hydrogen) atoms. The fourth-order valence-corrected chi connectivity index (χ4v) is 4.57. The topological polar surface area (TPSA) is 70.4 Å². The summed E-state index contributed by atoms with van der Waals surface area (Å²) in [5.74, 6) is -0.0787. The quantitative estimate of drug-likeness (QED) is 0.867. The Hall–Kier alpha value is -1.92. The lowest BCUT2D eigenvalue weighted by atomic mass is 9.84. The first kappa shape index (κ1) is 16.5. The molecule has 3 saturated heterocycles. The minimum atomic E-state index is -0.873. The van der Waals surface area contributed by atoms with Gasteiger partial charge in [0.05, 0.1) is 16.8 Å². The van der Waals surface area contributed by atoms with Gasteiger partial charge in [0.25, 0.3) is 0 Å². The van der Waals surface area contributed by atoms with Crippen LogP contribution in [0.4, 0.5) is 0 Å². The average molecular weight is 342 g/mol. The van der Waals surface area contributed by atoms with Crippen LogP contribution in [-0.4, -0.2) is 58.0 Å². The summed E-state index contributed by atoms with van der Waals surface area (Å²) in [6, 6.07) is 4.40. The molecule has 1 atom stereocenters. The summed E-state index contributed by atoms with van der Waals surface area (Å²) < 4.78 is 1.80. The van der Waals surface area contributed by atoms with Crippen molar-refractivity contribution in [3.63, 3.8) is 0 Å². The van der Waals surface area contributed by atoms with Gasteiger partial charge in [-0.3, -0.25) is 4.68 Å². The highest BCUT2D eigenvalue weighted by Gasteiger charge is 2.33. The van der Waals surface area contributed by atoms with Crippen molar-refractivity contribution in [2.75, 3.05) is 26.2 Å². The van der Waals surface area contributed by atoms with Crippen LogP contribution in [0.1, 0.15) is 34.5 Å². The Bertz CT molecular complexity index is 805. The fourth-order valence-electron chi connectivity index (χ4n) is 4.57. The third-order valence-electron chi connectivity index (χ3n) is 5.94. The SMILES string of the molecule is Cc1ccc2c(c(CCNC3CN4CCC3CC4)nn2C)c1C(=O)O. The molecule has 0 radical (unpaired) electrons. The minimum absolute atomic E-state index is 0.392. The van der Waals surface area contributed by atoms with Crippen LogP contribution >= 0.6 is 0 Å². The highest BCUT2D eigenvalue weighted by molar-refractivity contribution is 6.05. The number of aromatic nitrogens is 2. The number of carboxylic acids is 1. The van der Waals surface area contributed by atoms with Gasteiger partial charge < -0.3 is 15.3 Å². The van der Waals surface area contributed by atoms with Crippen molar-refractivity contribution in [3.05, 3.63) is 29.0 Å². The third-order valence-corrected chi connectivity index (χ3v) is 5.94. The molecule has 1 unspecified atom stereocenters. The zero-order chi connectivity index (χ0) is 17.6. The first-order valence-corrected chi connectivity index (χ1v) is 9.19. The smallest absolute Gasteiger partial charge is 0.336 e. The molecule has 0 aliphatic carbocycles. The molecule has 2 bridgehead atoms. The van der Waals surface area contributed by atoms with Gasteiger partial charge in [-0.25, -0.2) is 4.79 Å². The van der Waals surface area contributed by atoms with Gasteiger partial charge in [0.1, 0.15) is 0 Å². The number of benzene rings is 1. The molecule has 3 aliphatic rings. The maximum atomic E-state index is 11.7. The normalized spacial score (nSPS) is 25.6. The van der Waals surface area contributed by atoms with E-state index < -0.39 is 5.97 Å². The van der Waals surface area contributed by atoms with Crippen LogP contribution in [0.25, 0.3) is 10.9 Å². The predicted octanol–water partition coefficient (Wildman–Crippen LogP) is 1.81. The van der Waals surface area contributed by atoms with E-state index in [1.165, 1.54) is 25.9 Å². The Labute approximate surface area is 147 Å². The Morgan fingerprint density at radius 3 is 2.76 bits per heavy atom. The predicted molar refractivity (Wildman–Crippen MR) is 97.1 cm³/mol. The lowest BCUT2D eigenvalue weighted by Crippen LogP contribution is -2.56. The molecule has 5 rings (SSSR count). The van der Waals surface area contributed by atoms with Crippen LogP contribution < -0.4 is 5.32 Å². The van der Waals surface area contributed by atoms with Crippen LogP contribution in [-0.2, 0) is 13.5 Å². The van der Waals surface area contributed by atoms with Crippen molar-refractivity contribution < 1.29 is 9.90 Å². The lowest BCUT2D eigenvalue weighted by molar-refractivity contribution is 0.0698. The minimum Gasteiger partial charge on any atom is -0.478 e. The van der Waals surface area contributed by atoms with Crippen molar-refractivity contribution in [2.24, 2.45) is 13.0 Å². The maximum Gasteiger partial charge on any atom is 0.336 e. The monoisotopic (exact) mass is 342 g/mol. The summed E-state index contributed by atoms with van der Waals surface area (Å²) in [5, 5.41) is 18.7. The van der Waals surface area contributed by atoms with Gasteiger partial charge in [0.15, 0.2) is 0 Å². The van der Waals surface area contributed by atoms with Crippen LogP contribution in [0.3, 0.4) is 0 Å². The second kappa shape index (κ2) is 6.42. The van der Waals surface area contributed by atoms with Gasteiger partial charge in [-0.1, -0.05) is 6.07 Å². The first-order valence-electron chi connectivity index (χ1n) is 9.19. The Morgan fingerprint density at radius 1 is 1.36 bits per heavy atom. The summed E-state index contributed by atoms with van der Waals surface area (Å²) in [6.07, 6.45) is 3.35. The molecule has 0 amide bonds. The molecule has 6 nitrogen and oxygen atoms in total. The van der Waals surface area contributed by atoms with E-state index in [-0.39, 0.29) is 0 Å². The standard InChI is InChI=1S/C19H26N4O2/c1-12-3-4-16-18(17(12)19(24)25)14(21-22(16)2)5-8-20-15-11-23-9-6-13(15)7-10-23/h3-4,13,15,20H,5-11H2,1-2H3,(H,24,25). The Kier molecular flexibility index (Phi) is 4.25. The molecule has 0 spiro atoms. The molecule has 1 aromatic carbocycles. The van der Waals surface area contributed by atoms with Crippen LogP contribution in [0.15, 0.2) is 12.1 Å². The third kappa shape index (κ3) is 2.93. The van der Waals surface area contributed by atoms with Gasteiger partial charge in [-0.2, -0.15) is 5.10 Å². The van der Waals surface area contributed by atoms with Crippen molar-refractivity contribution in [3.8, 4) is 0 Å². The molecule has 4 heterocycles. The number of rotatable bonds is 5. The number of piperidine rings is 3. The first-order chi connectivity index (χ1) is 12.0. The van der Waals surface area contributed by atoms with E-state index in [0.29, 0.717) is 11.6 Å². The summed E-state index contributed by atoms with van der Waals surface area (Å²) in [6.45, 7) is 6.33. The fraction of sp³-hybridized carbons (Fsp3) is 0.579. The number of hydrogen-bond acceptors (Lipinski definition) is 4. The van der Waals surface area contributed by atoms with Crippen molar-refractivity contribution in [2.45, 2.75) is 32.2 Å². The molecule has 2 N–H and O–H groups in total. The molecule has 2 aromatic rings. The molecule has 6 heteroatoms. The summed E-state index contributed by atoms with van der Waals surface area (Å²) in [7, 11) is 1.88. The van der Waals surface area contributed by atoms with Gasteiger partial charge in [-0.05, 0) is 50.4 Å². The number of hydrogen-bond donors (Lipinski definition) is 2. The molecule has 3 fully saturated rings. The molecule has 134 valence electrons. The molecular formula is C19H26N4O2. The van der Waals surface area contributed by atoms with E-state index in [4.69, 9.17) is 0 Å². The van der Waals surface area contributed by atoms with Crippen LogP contribution in [0.2, 0.25) is 0 Å². The molecule has 3 aliphatic heterocycles. The van der Waals surface area contributed by atoms with E-state index in [9.17, 15) is 9.90 Å². The molecule has 0 saturated carbocycles. The van der Waals surface area contributed by atoms with E-state index in [1.54, 1.807) is 4.68 Å². The molecular weight excluding hydrogens is 316 g/mol. The van der Waals surface area contributed by atoms with Gasteiger partial charge in [-0.15, -0.1) is 0 Å². The summed E-state index contributed by atoms with van der Waals surface area (Å²) in [5.41, 5.74) is 2.95. The van der Waals surface area contributed by atoms with E-state index in [0.717, 1.165) is 47.6 Å². The second-order valence-corrected chi connectivity index (χ2v) is 7.48. The number of nitrogens with one attached hydrogen (secondary N) is 1. The van der Waals surface area contributed by atoms with E-state index >= 15 is 0 Å². The Morgan fingerprint density at radius 2 is 2.12 bits per heavy atom. The van der Waals surface area contributed by atoms with Crippen molar-refractivity contribution in [1.82, 2.24) is 20.0 Å². The largest absolute Gasteiger partial charge is 0.478 e. The summed E-state index contributed by atoms with van der Waals surface area (Å²) >= 11 is 0. The Balaban J connectivity index is 1.53. The van der Waals surface area contributed by atoms with E-state index in [1.807, 2.05) is 26.1 Å². The maximum absolute atomic E-state index is 11.7. The van der Waals surface area contributed by atoms with Crippen LogP contribution in [0, 0.1) is 12.8 Å². The average Bonchev–Trinajstić information content (AvgIpc) is 2.91. The van der Waals surface area contributed by atoms with Gasteiger partial charge >= 0.3 is 5.97 Å².